The summed E-state index contributed by atoms with van der Waals surface area (Å²) < 4.78 is 7.28. The van der Waals surface area contributed by atoms with Gasteiger partial charge >= 0.3 is 11.9 Å². The van der Waals surface area contributed by atoms with Gasteiger partial charge in [-0.3, -0.25) is 9.59 Å². The van der Waals surface area contributed by atoms with Crippen LogP contribution in [-0.2, 0) is 19.1 Å². The highest BCUT2D eigenvalue weighted by Gasteiger charge is 2.13. The van der Waals surface area contributed by atoms with E-state index >= 15 is 0 Å². The number of carbonyl (C=O) groups is 3. The molecule has 0 fully saturated rings. The van der Waals surface area contributed by atoms with E-state index in [0.717, 1.165) is 19.3 Å². The van der Waals surface area contributed by atoms with Crippen LogP contribution in [0.2, 0.25) is 0 Å². The average molecular weight is 539 g/mol. The maximum atomic E-state index is 11.3. The number of benzene rings is 2. The number of rotatable bonds is 10. The molecule has 214 valence electrons. The molecule has 1 amide bonds. The third-order valence-electron chi connectivity index (χ3n) is 6.73. The molecule has 3 aromatic rings. The van der Waals surface area contributed by atoms with Crippen molar-refractivity contribution in [2.45, 2.75) is 73.8 Å². The van der Waals surface area contributed by atoms with Gasteiger partial charge in [0.1, 0.15) is 6.61 Å². The van der Waals surface area contributed by atoms with Gasteiger partial charge in [-0.2, -0.15) is 0 Å². The normalized spacial score (nSPS) is 12.7. The minimum absolute atomic E-state index is 0.00171. The number of hydrogen-bond donors (Lipinski definition) is 2. The molecule has 0 aliphatic carbocycles. The minimum atomic E-state index is -0.706. The number of esters is 1. The van der Waals surface area contributed by atoms with E-state index in [1.165, 1.54) is 21.8 Å². The van der Waals surface area contributed by atoms with Gasteiger partial charge in [-0.1, -0.05) is 77.6 Å². The smallest absolute Gasteiger partial charge is 0.333 e. The van der Waals surface area contributed by atoms with Crippen LogP contribution in [0, 0.1) is 11.8 Å². The number of aromatic nitrogens is 1. The Balaban J connectivity index is 0.000000319. The Kier molecular flexibility index (Phi) is 14.6. The van der Waals surface area contributed by atoms with E-state index in [2.05, 4.69) is 78.8 Å². The molecule has 0 radical (unpaired) electrons. The second-order valence-corrected chi connectivity index (χ2v) is 9.83. The Hall–Kier alpha value is -3.61. The number of para-hydroxylation sites is 2. The summed E-state index contributed by atoms with van der Waals surface area (Å²) in [6, 6.07) is 17.9. The highest BCUT2D eigenvalue weighted by atomic mass is 16.5. The summed E-state index contributed by atoms with van der Waals surface area (Å²) in [7, 11) is 0. The molecular weight excluding hydrogens is 492 g/mol. The van der Waals surface area contributed by atoms with Gasteiger partial charge in [-0.15, -0.1) is 0 Å². The lowest BCUT2D eigenvalue weighted by molar-refractivity contribution is -0.141. The Bertz CT molecular complexity index is 1180. The number of carboxylic acids is 1. The zero-order valence-corrected chi connectivity index (χ0v) is 24.6. The van der Waals surface area contributed by atoms with Crippen LogP contribution in [0.4, 0.5) is 0 Å². The van der Waals surface area contributed by atoms with Crippen LogP contribution >= 0.6 is 0 Å². The summed E-state index contributed by atoms with van der Waals surface area (Å²) in [6.45, 7) is 17.5. The molecular formula is C32H46N2O5. The van der Waals surface area contributed by atoms with Gasteiger partial charge in [-0.05, 0) is 45.2 Å². The maximum absolute atomic E-state index is 11.3. The van der Waals surface area contributed by atoms with E-state index in [0.29, 0.717) is 18.2 Å². The van der Waals surface area contributed by atoms with Crippen LogP contribution in [0.3, 0.4) is 0 Å². The van der Waals surface area contributed by atoms with Crippen molar-refractivity contribution < 1.29 is 24.2 Å². The van der Waals surface area contributed by atoms with Crippen molar-refractivity contribution in [3.8, 4) is 0 Å². The van der Waals surface area contributed by atoms with Crippen molar-refractivity contribution in [2.75, 3.05) is 13.2 Å². The number of aliphatic carboxylic acids is 1. The zero-order valence-electron chi connectivity index (χ0n) is 24.6. The molecule has 0 saturated heterocycles. The number of ether oxygens (including phenoxy) is 1. The monoisotopic (exact) mass is 538 g/mol. The molecule has 39 heavy (non-hydrogen) atoms. The number of nitrogens with zero attached hydrogens (tertiary/aromatic N) is 1. The van der Waals surface area contributed by atoms with Crippen LogP contribution < -0.4 is 5.32 Å². The van der Waals surface area contributed by atoms with Crippen molar-refractivity contribution in [3.63, 3.8) is 0 Å². The topological polar surface area (TPSA) is 97.6 Å². The van der Waals surface area contributed by atoms with Gasteiger partial charge < -0.3 is 19.7 Å². The molecule has 3 rings (SSSR count). The molecule has 1 heterocycles. The lowest BCUT2D eigenvalue weighted by atomic mass is 10.1. The fraction of sp³-hybridized carbons (Fsp3) is 0.469. The molecule has 0 aliphatic rings. The first-order chi connectivity index (χ1) is 18.5. The van der Waals surface area contributed by atoms with Crippen molar-refractivity contribution >= 4 is 39.7 Å². The largest absolute Gasteiger partial charge is 0.481 e. The Labute approximate surface area is 233 Å². The van der Waals surface area contributed by atoms with E-state index in [9.17, 15) is 14.4 Å². The molecule has 0 bridgehead atoms. The van der Waals surface area contributed by atoms with Crippen molar-refractivity contribution in [3.05, 3.63) is 60.7 Å². The lowest BCUT2D eigenvalue weighted by Gasteiger charge is -2.14. The number of fused-ring (bicyclic) bond motifs is 3. The van der Waals surface area contributed by atoms with E-state index in [1.54, 1.807) is 13.8 Å². The summed E-state index contributed by atoms with van der Waals surface area (Å²) >= 11 is 0. The molecule has 0 saturated carbocycles. The third kappa shape index (κ3) is 10.2. The predicted octanol–water partition coefficient (Wildman–Crippen LogP) is 7.15. The van der Waals surface area contributed by atoms with E-state index in [-0.39, 0.29) is 24.3 Å². The number of carboxylic acid groups (broad SMARTS) is 1. The second-order valence-electron chi connectivity index (χ2n) is 9.83. The van der Waals surface area contributed by atoms with Crippen LogP contribution in [0.5, 0.6) is 0 Å². The van der Waals surface area contributed by atoms with Crippen LogP contribution in [-0.4, -0.2) is 40.7 Å². The van der Waals surface area contributed by atoms with Gasteiger partial charge in [0.15, 0.2) is 0 Å². The first kappa shape index (κ1) is 33.4. The summed E-state index contributed by atoms with van der Waals surface area (Å²) in [5.74, 6) is -1.32. The predicted molar refractivity (Wildman–Crippen MR) is 160 cm³/mol. The summed E-state index contributed by atoms with van der Waals surface area (Å²) in [6.07, 6.45) is 2.68. The first-order valence-electron chi connectivity index (χ1n) is 13.8. The Morgan fingerprint density at radius 1 is 0.872 bits per heavy atom. The fourth-order valence-corrected chi connectivity index (χ4v) is 3.59. The lowest BCUT2D eigenvalue weighted by Crippen LogP contribution is -2.32. The molecule has 3 atom stereocenters. The molecule has 1 aromatic heterocycles. The fourth-order valence-electron chi connectivity index (χ4n) is 3.59. The van der Waals surface area contributed by atoms with Gasteiger partial charge in [0.05, 0.1) is 12.5 Å². The van der Waals surface area contributed by atoms with Crippen LogP contribution in [0.15, 0.2) is 60.7 Å². The molecule has 3 unspecified atom stereocenters. The van der Waals surface area contributed by atoms with Crippen molar-refractivity contribution in [2.24, 2.45) is 11.8 Å². The molecule has 2 aromatic carbocycles. The van der Waals surface area contributed by atoms with Gasteiger partial charge in [0.2, 0.25) is 5.91 Å². The molecule has 0 aliphatic heterocycles. The number of nitrogens with one attached hydrogen (secondary N) is 1. The molecule has 7 heteroatoms. The average Bonchev–Trinajstić information content (AvgIpc) is 3.28. The van der Waals surface area contributed by atoms with Gasteiger partial charge in [-0.25, -0.2) is 4.79 Å². The number of carbonyl (C=O) groups excluding carboxylic acids is 2. The van der Waals surface area contributed by atoms with Crippen LogP contribution in [0.1, 0.15) is 73.8 Å². The SMILES string of the molecule is C=C(C)C(=O)OCCNC(=O)C(C)CC.CCC(C)C(=O)O.CCC(C)n1c2ccccc2c2ccccc21. The van der Waals surface area contributed by atoms with Gasteiger partial charge in [0.25, 0.3) is 0 Å². The van der Waals surface area contributed by atoms with E-state index in [4.69, 9.17) is 9.84 Å². The van der Waals surface area contributed by atoms with E-state index in [1.807, 2.05) is 20.8 Å². The van der Waals surface area contributed by atoms with Crippen molar-refractivity contribution in [1.29, 1.82) is 0 Å². The van der Waals surface area contributed by atoms with E-state index < -0.39 is 11.9 Å². The third-order valence-corrected chi connectivity index (χ3v) is 6.73. The molecule has 0 spiro atoms. The zero-order chi connectivity index (χ0) is 29.5. The standard InChI is InChI=1S/C16H17N.C11H19NO3.C5H10O2/c1-3-12(2)17-15-10-6-4-8-13(15)14-9-5-7-11-16(14)17;1-5-9(4)10(13)12-6-7-15-11(14)8(2)3;1-3-4(2)5(6)7/h4-12H,3H2,1-2H3;9H,2,5-7H2,1,3-4H3,(H,12,13);4H,3H2,1-2H3,(H,6,7). The summed E-state index contributed by atoms with van der Waals surface area (Å²) in [4.78, 5) is 32.2. The first-order valence-corrected chi connectivity index (χ1v) is 13.8. The van der Waals surface area contributed by atoms with Crippen LogP contribution in [0.25, 0.3) is 21.8 Å². The quantitative estimate of drug-likeness (QED) is 0.162. The Morgan fingerprint density at radius 3 is 1.74 bits per heavy atom. The maximum Gasteiger partial charge on any atom is 0.333 e. The molecule has 2 N–H and O–H groups in total. The Morgan fingerprint density at radius 2 is 1.36 bits per heavy atom. The summed E-state index contributed by atoms with van der Waals surface area (Å²) in [5.41, 5.74) is 3.06. The number of amides is 1. The minimum Gasteiger partial charge on any atom is -0.481 e. The second kappa shape index (κ2) is 17.1. The highest BCUT2D eigenvalue weighted by Crippen LogP contribution is 2.32. The molecule has 7 nitrogen and oxygen atoms in total. The highest BCUT2D eigenvalue weighted by molar-refractivity contribution is 6.08. The summed E-state index contributed by atoms with van der Waals surface area (Å²) in [5, 5.41) is 13.6. The van der Waals surface area contributed by atoms with Gasteiger partial charge in [0, 0.05) is 39.3 Å². The number of hydrogen-bond acceptors (Lipinski definition) is 4. The van der Waals surface area contributed by atoms with Crippen molar-refractivity contribution in [1.82, 2.24) is 9.88 Å².